The van der Waals surface area contributed by atoms with Crippen molar-refractivity contribution in [2.75, 3.05) is 0 Å². The standard InChI is InChI=1S/C12H17N3O4/c1-3-8(2)10(11(17)18)14-9(16)7-15-6-4-5-13-12(15)19/h4-6,8,10H,3,7H2,1-2H3,(H,14,16)(H,17,18). The summed E-state index contributed by atoms with van der Waals surface area (Å²) in [5.41, 5.74) is -0.548. The largest absolute Gasteiger partial charge is 0.480 e. The van der Waals surface area contributed by atoms with Gasteiger partial charge in [0.1, 0.15) is 12.6 Å². The monoisotopic (exact) mass is 267 g/mol. The van der Waals surface area contributed by atoms with Gasteiger partial charge in [0.05, 0.1) is 0 Å². The Morgan fingerprint density at radius 2 is 2.21 bits per heavy atom. The molecule has 0 aliphatic carbocycles. The van der Waals surface area contributed by atoms with Crippen molar-refractivity contribution in [1.29, 1.82) is 0 Å². The second kappa shape index (κ2) is 6.67. The lowest BCUT2D eigenvalue weighted by Crippen LogP contribution is -2.46. The maximum absolute atomic E-state index is 11.7. The van der Waals surface area contributed by atoms with Crippen LogP contribution in [0.1, 0.15) is 20.3 Å². The number of hydrogen-bond acceptors (Lipinski definition) is 4. The molecule has 7 heteroatoms. The number of aromatic nitrogens is 2. The minimum atomic E-state index is -1.08. The number of amides is 1. The lowest BCUT2D eigenvalue weighted by Gasteiger charge is -2.20. The van der Waals surface area contributed by atoms with E-state index in [0.717, 1.165) is 4.57 Å². The van der Waals surface area contributed by atoms with Crippen molar-refractivity contribution in [2.24, 2.45) is 5.92 Å². The van der Waals surface area contributed by atoms with Crippen molar-refractivity contribution < 1.29 is 14.7 Å². The molecule has 2 N–H and O–H groups in total. The first-order valence-corrected chi connectivity index (χ1v) is 5.99. The lowest BCUT2D eigenvalue weighted by atomic mass is 9.99. The number of carbonyl (C=O) groups is 2. The molecule has 2 unspecified atom stereocenters. The van der Waals surface area contributed by atoms with E-state index in [0.29, 0.717) is 6.42 Å². The van der Waals surface area contributed by atoms with E-state index in [4.69, 9.17) is 5.11 Å². The summed E-state index contributed by atoms with van der Waals surface area (Å²) in [6.07, 6.45) is 3.38. The Labute approximate surface area is 110 Å². The van der Waals surface area contributed by atoms with E-state index in [1.54, 1.807) is 6.92 Å². The summed E-state index contributed by atoms with van der Waals surface area (Å²) < 4.78 is 1.12. The van der Waals surface area contributed by atoms with Gasteiger partial charge in [0.15, 0.2) is 0 Å². The number of rotatable bonds is 6. The molecule has 0 saturated carbocycles. The third-order valence-electron chi connectivity index (χ3n) is 2.89. The van der Waals surface area contributed by atoms with Crippen LogP contribution in [0.2, 0.25) is 0 Å². The van der Waals surface area contributed by atoms with Crippen molar-refractivity contribution in [3.05, 3.63) is 28.9 Å². The summed E-state index contributed by atoms with van der Waals surface area (Å²) in [6, 6.07) is 0.572. The zero-order chi connectivity index (χ0) is 14.4. The predicted molar refractivity (Wildman–Crippen MR) is 67.5 cm³/mol. The fourth-order valence-corrected chi connectivity index (χ4v) is 1.56. The van der Waals surface area contributed by atoms with Crippen LogP contribution in [0, 0.1) is 5.92 Å². The van der Waals surface area contributed by atoms with Crippen LogP contribution in [0.3, 0.4) is 0 Å². The van der Waals surface area contributed by atoms with Gasteiger partial charge < -0.3 is 10.4 Å². The van der Waals surface area contributed by atoms with Crippen LogP contribution < -0.4 is 11.0 Å². The molecule has 0 aromatic carbocycles. The molecular formula is C12H17N3O4. The number of nitrogens with zero attached hydrogens (tertiary/aromatic N) is 2. The van der Waals surface area contributed by atoms with E-state index in [1.807, 2.05) is 6.92 Å². The van der Waals surface area contributed by atoms with Crippen LogP contribution in [-0.2, 0) is 16.1 Å². The molecule has 0 radical (unpaired) electrons. The quantitative estimate of drug-likeness (QED) is 0.747. The SMILES string of the molecule is CCC(C)C(NC(=O)Cn1cccnc1=O)C(=O)O. The number of aliphatic carboxylic acids is 1. The highest BCUT2D eigenvalue weighted by Crippen LogP contribution is 2.07. The fourth-order valence-electron chi connectivity index (χ4n) is 1.56. The first-order valence-electron chi connectivity index (χ1n) is 5.99. The first kappa shape index (κ1) is 14.9. The van der Waals surface area contributed by atoms with Crippen molar-refractivity contribution in [1.82, 2.24) is 14.9 Å². The third kappa shape index (κ3) is 4.20. The van der Waals surface area contributed by atoms with Crippen LogP contribution in [0.25, 0.3) is 0 Å². The maximum Gasteiger partial charge on any atom is 0.347 e. The fraction of sp³-hybridized carbons (Fsp3) is 0.500. The van der Waals surface area contributed by atoms with Crippen LogP contribution in [0.4, 0.5) is 0 Å². The molecule has 1 aromatic heterocycles. The van der Waals surface area contributed by atoms with Gasteiger partial charge in [0.2, 0.25) is 5.91 Å². The normalized spacial score (nSPS) is 13.6. The van der Waals surface area contributed by atoms with Gasteiger partial charge in [-0.05, 0) is 12.0 Å². The smallest absolute Gasteiger partial charge is 0.347 e. The van der Waals surface area contributed by atoms with Gasteiger partial charge in [0.25, 0.3) is 0 Å². The highest BCUT2D eigenvalue weighted by molar-refractivity contribution is 5.83. The Hall–Kier alpha value is -2.18. The topological polar surface area (TPSA) is 101 Å². The molecule has 104 valence electrons. The summed E-state index contributed by atoms with van der Waals surface area (Å²) in [5.74, 6) is -1.80. The van der Waals surface area contributed by atoms with Crippen molar-refractivity contribution in [3.8, 4) is 0 Å². The summed E-state index contributed by atoms with van der Waals surface area (Å²) in [7, 11) is 0. The molecule has 2 atom stereocenters. The van der Waals surface area contributed by atoms with Gasteiger partial charge in [-0.1, -0.05) is 20.3 Å². The average molecular weight is 267 g/mol. The second-order valence-corrected chi connectivity index (χ2v) is 4.30. The molecule has 0 fully saturated rings. The first-order chi connectivity index (χ1) is 8.95. The molecule has 7 nitrogen and oxygen atoms in total. The van der Waals surface area contributed by atoms with E-state index < -0.39 is 23.6 Å². The van der Waals surface area contributed by atoms with Gasteiger partial charge >= 0.3 is 11.7 Å². The third-order valence-corrected chi connectivity index (χ3v) is 2.89. The van der Waals surface area contributed by atoms with E-state index >= 15 is 0 Å². The highest BCUT2D eigenvalue weighted by atomic mass is 16.4. The second-order valence-electron chi connectivity index (χ2n) is 4.30. The molecule has 0 spiro atoms. The van der Waals surface area contributed by atoms with Crippen LogP contribution in [-0.4, -0.2) is 32.6 Å². The Balaban J connectivity index is 2.71. The number of hydrogen-bond donors (Lipinski definition) is 2. The Kier molecular flexibility index (Phi) is 5.23. The van der Waals surface area contributed by atoms with Gasteiger partial charge in [-0.25, -0.2) is 14.6 Å². The molecule has 0 aliphatic rings. The highest BCUT2D eigenvalue weighted by Gasteiger charge is 2.25. The molecule has 1 aromatic rings. The number of carboxylic acids is 1. The minimum absolute atomic E-state index is 0.188. The zero-order valence-corrected chi connectivity index (χ0v) is 10.9. The molecule has 0 bridgehead atoms. The summed E-state index contributed by atoms with van der Waals surface area (Å²) in [4.78, 5) is 37.6. The van der Waals surface area contributed by atoms with Crippen molar-refractivity contribution >= 4 is 11.9 Å². The van der Waals surface area contributed by atoms with Gasteiger partial charge in [-0.2, -0.15) is 0 Å². The lowest BCUT2D eigenvalue weighted by molar-refractivity contribution is -0.143. The van der Waals surface area contributed by atoms with E-state index in [9.17, 15) is 14.4 Å². The summed E-state index contributed by atoms with van der Waals surface area (Å²) >= 11 is 0. The molecule has 19 heavy (non-hydrogen) atoms. The summed E-state index contributed by atoms with van der Waals surface area (Å²) in [6.45, 7) is 3.35. The molecule has 0 saturated heterocycles. The van der Waals surface area contributed by atoms with Crippen molar-refractivity contribution in [2.45, 2.75) is 32.9 Å². The minimum Gasteiger partial charge on any atom is -0.480 e. The average Bonchev–Trinajstić information content (AvgIpc) is 2.37. The summed E-state index contributed by atoms with van der Waals surface area (Å²) in [5, 5.41) is 11.5. The number of carbonyl (C=O) groups excluding carboxylic acids is 1. The van der Waals surface area contributed by atoms with E-state index in [2.05, 4.69) is 10.3 Å². The van der Waals surface area contributed by atoms with Crippen molar-refractivity contribution in [3.63, 3.8) is 0 Å². The van der Waals surface area contributed by atoms with E-state index in [-0.39, 0.29) is 12.5 Å². The van der Waals surface area contributed by atoms with Gasteiger partial charge in [-0.3, -0.25) is 9.36 Å². The molecular weight excluding hydrogens is 250 g/mol. The number of carboxylic acid groups (broad SMARTS) is 1. The van der Waals surface area contributed by atoms with Crippen LogP contribution in [0.15, 0.2) is 23.3 Å². The molecule has 0 aliphatic heterocycles. The Morgan fingerprint density at radius 1 is 1.53 bits per heavy atom. The zero-order valence-electron chi connectivity index (χ0n) is 10.9. The number of nitrogens with one attached hydrogen (secondary N) is 1. The van der Waals surface area contributed by atoms with Crippen LogP contribution in [0.5, 0.6) is 0 Å². The Morgan fingerprint density at radius 3 is 2.74 bits per heavy atom. The Bertz CT molecular complexity index is 512. The van der Waals surface area contributed by atoms with E-state index in [1.165, 1.54) is 18.5 Å². The van der Waals surface area contributed by atoms with Gasteiger partial charge in [-0.15, -0.1) is 0 Å². The maximum atomic E-state index is 11.7. The van der Waals surface area contributed by atoms with Gasteiger partial charge in [0, 0.05) is 12.4 Å². The molecule has 1 amide bonds. The molecule has 1 heterocycles. The molecule has 1 rings (SSSR count). The van der Waals surface area contributed by atoms with Crippen LogP contribution >= 0.6 is 0 Å². The predicted octanol–water partition coefficient (Wildman–Crippen LogP) is -0.141.